The number of carbonyl (C=O) groups excluding carboxylic acids is 1. The number of benzene rings is 2. The molecule has 1 aromatic heterocycles. The van der Waals surface area contributed by atoms with Gasteiger partial charge in [-0.3, -0.25) is 4.57 Å². The van der Waals surface area contributed by atoms with Gasteiger partial charge < -0.3 is 4.74 Å². The van der Waals surface area contributed by atoms with Crippen LogP contribution in [0.3, 0.4) is 0 Å². The Bertz CT molecular complexity index is 940. The van der Waals surface area contributed by atoms with Crippen LogP contribution < -0.4 is 0 Å². The summed E-state index contributed by atoms with van der Waals surface area (Å²) in [4.78, 5) is 16.5. The van der Waals surface area contributed by atoms with E-state index in [1.807, 2.05) is 41.0 Å². The fourth-order valence-electron chi connectivity index (χ4n) is 2.91. The van der Waals surface area contributed by atoms with E-state index in [1.54, 1.807) is 24.9 Å². The molecule has 1 aliphatic heterocycles. The van der Waals surface area contributed by atoms with Gasteiger partial charge in [0.1, 0.15) is 0 Å². The Hall–Kier alpha value is -2.24. The summed E-state index contributed by atoms with van der Waals surface area (Å²) in [6.45, 7) is 2.10. The minimum atomic E-state index is -0.412. The number of carbonyl (C=O) groups is 1. The molecule has 6 heteroatoms. The largest absolute Gasteiger partial charge is 0.461 e. The standard InChI is InChI=1S/C19H15ClN2O2S/c1-2-24-18(23)15-11-22-16-10-13(20)8-9-14(16)17(25-19(22)21-15)12-6-4-3-5-7-12/h3-11,17H,2H2,1H3. The van der Waals surface area contributed by atoms with E-state index in [4.69, 9.17) is 16.3 Å². The number of hydrogen-bond donors (Lipinski definition) is 0. The maximum absolute atomic E-state index is 12.1. The molecule has 0 saturated heterocycles. The minimum Gasteiger partial charge on any atom is -0.461 e. The molecule has 126 valence electrons. The minimum absolute atomic E-state index is 0.0958. The molecule has 3 aromatic rings. The molecule has 0 amide bonds. The van der Waals surface area contributed by atoms with Crippen molar-refractivity contribution in [3.8, 4) is 5.69 Å². The maximum atomic E-state index is 12.1. The van der Waals surface area contributed by atoms with Crippen molar-refractivity contribution in [3.05, 3.63) is 76.6 Å². The molecule has 0 fully saturated rings. The Morgan fingerprint density at radius 2 is 2.08 bits per heavy atom. The monoisotopic (exact) mass is 370 g/mol. The zero-order chi connectivity index (χ0) is 17.4. The summed E-state index contributed by atoms with van der Waals surface area (Å²) in [7, 11) is 0. The number of imidazole rings is 1. The average molecular weight is 371 g/mol. The summed E-state index contributed by atoms with van der Waals surface area (Å²) in [5.74, 6) is -0.412. The Kier molecular flexibility index (Phi) is 4.27. The van der Waals surface area contributed by atoms with Crippen LogP contribution in [0.15, 0.2) is 59.9 Å². The number of thioether (sulfide) groups is 1. The van der Waals surface area contributed by atoms with Crippen LogP contribution in [0.5, 0.6) is 0 Å². The van der Waals surface area contributed by atoms with Crippen molar-refractivity contribution in [3.63, 3.8) is 0 Å². The van der Waals surface area contributed by atoms with Gasteiger partial charge in [0.15, 0.2) is 10.9 Å². The lowest BCUT2D eigenvalue weighted by Crippen LogP contribution is -2.10. The molecule has 0 bridgehead atoms. The van der Waals surface area contributed by atoms with E-state index in [9.17, 15) is 4.79 Å². The highest BCUT2D eigenvalue weighted by atomic mass is 35.5. The van der Waals surface area contributed by atoms with E-state index in [0.717, 1.165) is 16.4 Å². The van der Waals surface area contributed by atoms with E-state index >= 15 is 0 Å². The first-order valence-corrected chi connectivity index (χ1v) is 9.21. The second kappa shape index (κ2) is 6.58. The molecule has 4 nitrogen and oxygen atoms in total. The summed E-state index contributed by atoms with van der Waals surface area (Å²) in [6, 6.07) is 16.1. The topological polar surface area (TPSA) is 44.1 Å². The highest BCUT2D eigenvalue weighted by Crippen LogP contribution is 2.47. The average Bonchev–Trinajstić information content (AvgIpc) is 3.06. The number of halogens is 1. The van der Waals surface area contributed by atoms with Crippen LogP contribution in [-0.2, 0) is 4.74 Å². The predicted molar refractivity (Wildman–Crippen MR) is 98.7 cm³/mol. The third kappa shape index (κ3) is 2.94. The highest BCUT2D eigenvalue weighted by molar-refractivity contribution is 7.99. The number of nitrogens with zero attached hydrogens (tertiary/aromatic N) is 2. The van der Waals surface area contributed by atoms with Crippen LogP contribution in [0, 0.1) is 0 Å². The molecule has 0 spiro atoms. The van der Waals surface area contributed by atoms with Crippen LogP contribution >= 0.6 is 23.4 Å². The lowest BCUT2D eigenvalue weighted by molar-refractivity contribution is 0.0519. The SMILES string of the molecule is CCOC(=O)c1cn2c(n1)SC(c1ccccc1)c1ccc(Cl)cc1-2. The molecule has 2 heterocycles. The highest BCUT2D eigenvalue weighted by Gasteiger charge is 2.29. The van der Waals surface area contributed by atoms with Crippen molar-refractivity contribution < 1.29 is 9.53 Å². The quantitative estimate of drug-likeness (QED) is 0.615. The van der Waals surface area contributed by atoms with Gasteiger partial charge in [0.2, 0.25) is 0 Å². The van der Waals surface area contributed by atoms with E-state index in [1.165, 1.54) is 5.56 Å². The molecular formula is C19H15ClN2O2S. The van der Waals surface area contributed by atoms with Gasteiger partial charge in [-0.15, -0.1) is 0 Å². The fourth-order valence-corrected chi connectivity index (χ4v) is 4.33. The van der Waals surface area contributed by atoms with Gasteiger partial charge in [0.25, 0.3) is 0 Å². The van der Waals surface area contributed by atoms with E-state index in [-0.39, 0.29) is 5.25 Å². The van der Waals surface area contributed by atoms with Gasteiger partial charge >= 0.3 is 5.97 Å². The Labute approximate surface area is 154 Å². The van der Waals surface area contributed by atoms with Gasteiger partial charge in [-0.2, -0.15) is 0 Å². The normalized spacial score (nSPS) is 15.4. The maximum Gasteiger partial charge on any atom is 0.358 e. The third-order valence-electron chi connectivity index (χ3n) is 4.02. The third-order valence-corrected chi connectivity index (χ3v) is 5.51. The van der Waals surface area contributed by atoms with Crippen LogP contribution in [-0.4, -0.2) is 22.1 Å². The smallest absolute Gasteiger partial charge is 0.358 e. The fraction of sp³-hybridized carbons (Fsp3) is 0.158. The first kappa shape index (κ1) is 16.2. The molecule has 25 heavy (non-hydrogen) atoms. The number of esters is 1. The van der Waals surface area contributed by atoms with E-state index in [0.29, 0.717) is 17.3 Å². The van der Waals surface area contributed by atoms with Crippen LogP contribution in [0.2, 0.25) is 5.02 Å². The molecule has 1 unspecified atom stereocenters. The Morgan fingerprint density at radius 3 is 2.84 bits per heavy atom. The van der Waals surface area contributed by atoms with E-state index in [2.05, 4.69) is 17.1 Å². The molecule has 0 N–H and O–H groups in total. The van der Waals surface area contributed by atoms with Gasteiger partial charge in [0, 0.05) is 11.2 Å². The van der Waals surface area contributed by atoms with Crippen molar-refractivity contribution in [2.75, 3.05) is 6.61 Å². The molecule has 2 aromatic carbocycles. The van der Waals surface area contributed by atoms with Crippen molar-refractivity contribution in [2.45, 2.75) is 17.3 Å². The zero-order valence-electron chi connectivity index (χ0n) is 13.5. The number of rotatable bonds is 3. The van der Waals surface area contributed by atoms with Crippen LogP contribution in [0.25, 0.3) is 5.69 Å². The van der Waals surface area contributed by atoms with Crippen molar-refractivity contribution in [2.24, 2.45) is 0 Å². The summed E-state index contributed by atoms with van der Waals surface area (Å²) in [5, 5.41) is 1.50. The first-order valence-electron chi connectivity index (χ1n) is 7.95. The summed E-state index contributed by atoms with van der Waals surface area (Å²) in [6.07, 6.45) is 1.72. The molecule has 0 saturated carbocycles. The van der Waals surface area contributed by atoms with Gasteiger partial charge in [-0.1, -0.05) is 59.8 Å². The second-order valence-corrected chi connectivity index (χ2v) is 7.12. The molecule has 1 aliphatic rings. The Balaban J connectivity index is 1.85. The van der Waals surface area contributed by atoms with Gasteiger partial charge in [-0.05, 0) is 30.2 Å². The lowest BCUT2D eigenvalue weighted by Gasteiger charge is -2.26. The summed E-state index contributed by atoms with van der Waals surface area (Å²) >= 11 is 7.84. The second-order valence-electron chi connectivity index (χ2n) is 5.61. The molecule has 4 rings (SSSR count). The number of aromatic nitrogens is 2. The molecular weight excluding hydrogens is 356 g/mol. The van der Waals surface area contributed by atoms with Crippen molar-refractivity contribution in [1.82, 2.24) is 9.55 Å². The summed E-state index contributed by atoms with van der Waals surface area (Å²) in [5.41, 5.74) is 3.58. The van der Waals surface area contributed by atoms with Gasteiger partial charge in [-0.25, -0.2) is 9.78 Å². The van der Waals surface area contributed by atoms with E-state index < -0.39 is 5.97 Å². The number of fused-ring (bicyclic) bond motifs is 3. The molecule has 1 atom stereocenters. The first-order chi connectivity index (χ1) is 12.2. The lowest BCUT2D eigenvalue weighted by atomic mass is 10.0. The summed E-state index contributed by atoms with van der Waals surface area (Å²) < 4.78 is 6.99. The number of ether oxygens (including phenoxy) is 1. The van der Waals surface area contributed by atoms with Crippen LogP contribution in [0.1, 0.15) is 33.8 Å². The predicted octanol–water partition coefficient (Wildman–Crippen LogP) is 4.90. The Morgan fingerprint density at radius 1 is 1.28 bits per heavy atom. The number of hydrogen-bond acceptors (Lipinski definition) is 4. The van der Waals surface area contributed by atoms with Gasteiger partial charge in [0.05, 0.1) is 17.5 Å². The van der Waals surface area contributed by atoms with Crippen molar-refractivity contribution in [1.29, 1.82) is 0 Å². The molecule has 0 radical (unpaired) electrons. The molecule has 0 aliphatic carbocycles. The van der Waals surface area contributed by atoms with Crippen molar-refractivity contribution >= 4 is 29.3 Å². The van der Waals surface area contributed by atoms with Crippen LogP contribution in [0.4, 0.5) is 0 Å². The zero-order valence-corrected chi connectivity index (χ0v) is 15.1.